The summed E-state index contributed by atoms with van der Waals surface area (Å²) in [6.45, 7) is 1.99. The van der Waals surface area contributed by atoms with Crippen molar-refractivity contribution in [2.75, 3.05) is 7.11 Å². The molecule has 0 fully saturated rings. The predicted octanol–water partition coefficient (Wildman–Crippen LogP) is 3.32. The Hall–Kier alpha value is -2.62. The van der Waals surface area contributed by atoms with Gasteiger partial charge in [-0.3, -0.25) is 4.98 Å². The minimum absolute atomic E-state index is 0.112. The van der Waals surface area contributed by atoms with E-state index in [1.54, 1.807) is 6.07 Å². The van der Waals surface area contributed by atoms with Gasteiger partial charge in [-0.15, -0.1) is 0 Å². The second-order valence-electron chi connectivity index (χ2n) is 4.60. The Balaban J connectivity index is 2.14. The number of methoxy groups -OCH3 is 1. The molecule has 4 heteroatoms. The topological polar surface area (TPSA) is 55.2 Å². The van der Waals surface area contributed by atoms with E-state index in [1.807, 2.05) is 43.5 Å². The molecule has 4 nitrogen and oxygen atoms in total. The van der Waals surface area contributed by atoms with Crippen LogP contribution in [-0.4, -0.2) is 22.2 Å². The molecule has 20 heavy (non-hydrogen) atoms. The summed E-state index contributed by atoms with van der Waals surface area (Å²) in [5.74, 6) is 0.557. The second kappa shape index (κ2) is 4.81. The van der Waals surface area contributed by atoms with Crippen LogP contribution in [-0.2, 0) is 0 Å². The number of rotatable bonds is 2. The molecule has 0 bridgehead atoms. The third kappa shape index (κ3) is 2.05. The molecule has 0 radical (unpaired) electrons. The third-order valence-electron chi connectivity index (χ3n) is 3.20. The molecule has 2 heterocycles. The number of phenolic OH excluding ortho intramolecular Hbond substituents is 1. The molecule has 0 saturated heterocycles. The largest absolute Gasteiger partial charge is 0.504 e. The molecule has 1 aromatic carbocycles. The van der Waals surface area contributed by atoms with E-state index in [0.29, 0.717) is 16.7 Å². The molecule has 0 amide bonds. The van der Waals surface area contributed by atoms with Gasteiger partial charge in [-0.2, -0.15) is 0 Å². The number of hydrogen-bond donors (Lipinski definition) is 1. The normalized spacial score (nSPS) is 10.7. The maximum absolute atomic E-state index is 10.1. The summed E-state index contributed by atoms with van der Waals surface area (Å²) in [5.41, 5.74) is 3.41. The molecule has 0 aliphatic carbocycles. The zero-order valence-electron chi connectivity index (χ0n) is 11.3. The fourth-order valence-corrected chi connectivity index (χ4v) is 2.10. The molecule has 0 unspecified atom stereocenters. The van der Waals surface area contributed by atoms with Crippen LogP contribution >= 0.6 is 0 Å². The first kappa shape index (κ1) is 12.4. The van der Waals surface area contributed by atoms with Crippen molar-refractivity contribution in [1.29, 1.82) is 0 Å². The third-order valence-corrected chi connectivity index (χ3v) is 3.20. The van der Waals surface area contributed by atoms with Crippen molar-refractivity contribution < 1.29 is 9.84 Å². The van der Waals surface area contributed by atoms with E-state index in [-0.39, 0.29) is 5.75 Å². The van der Waals surface area contributed by atoms with Gasteiger partial charge in [-0.25, -0.2) is 4.98 Å². The number of benzene rings is 1. The summed E-state index contributed by atoms with van der Waals surface area (Å²) in [6.07, 6.45) is 1.81. The van der Waals surface area contributed by atoms with Crippen LogP contribution in [0.5, 0.6) is 11.5 Å². The van der Waals surface area contributed by atoms with Crippen LogP contribution in [0, 0.1) is 6.92 Å². The number of nitrogens with zero attached hydrogens (tertiary/aromatic N) is 2. The van der Waals surface area contributed by atoms with Crippen LogP contribution in [0.15, 0.2) is 42.6 Å². The van der Waals surface area contributed by atoms with Gasteiger partial charge in [0.15, 0.2) is 11.5 Å². The van der Waals surface area contributed by atoms with E-state index in [9.17, 15) is 5.11 Å². The van der Waals surface area contributed by atoms with Crippen molar-refractivity contribution in [3.05, 3.63) is 48.2 Å². The lowest BCUT2D eigenvalue weighted by Gasteiger charge is -2.07. The van der Waals surface area contributed by atoms with Crippen molar-refractivity contribution in [3.8, 4) is 22.9 Å². The van der Waals surface area contributed by atoms with E-state index in [1.165, 1.54) is 7.11 Å². The molecule has 0 spiro atoms. The quantitative estimate of drug-likeness (QED) is 0.773. The maximum Gasteiger partial charge on any atom is 0.167 e. The van der Waals surface area contributed by atoms with Crippen LogP contribution < -0.4 is 4.74 Å². The molecule has 100 valence electrons. The first-order valence-electron chi connectivity index (χ1n) is 6.29. The molecule has 0 aliphatic rings. The maximum atomic E-state index is 10.1. The summed E-state index contributed by atoms with van der Waals surface area (Å²) in [6, 6.07) is 11.1. The molecule has 0 saturated carbocycles. The number of aryl methyl sites for hydroxylation is 1. The Bertz CT molecular complexity index is 767. The molecule has 1 N–H and O–H groups in total. The molecule has 0 aliphatic heterocycles. The Labute approximate surface area is 116 Å². The fourth-order valence-electron chi connectivity index (χ4n) is 2.10. The smallest absolute Gasteiger partial charge is 0.167 e. The lowest BCUT2D eigenvalue weighted by Crippen LogP contribution is -1.90. The molecule has 0 atom stereocenters. The number of hydrogen-bond acceptors (Lipinski definition) is 4. The van der Waals surface area contributed by atoms with Gasteiger partial charge in [0, 0.05) is 11.6 Å². The van der Waals surface area contributed by atoms with Gasteiger partial charge < -0.3 is 9.84 Å². The lowest BCUT2D eigenvalue weighted by molar-refractivity contribution is 0.376. The van der Waals surface area contributed by atoms with Gasteiger partial charge in [0.2, 0.25) is 0 Å². The molecular weight excluding hydrogens is 252 g/mol. The van der Waals surface area contributed by atoms with Gasteiger partial charge in [-0.1, -0.05) is 6.07 Å². The Kier molecular flexibility index (Phi) is 2.99. The Morgan fingerprint density at radius 1 is 1.00 bits per heavy atom. The monoisotopic (exact) mass is 266 g/mol. The molecule has 2 aromatic heterocycles. The van der Waals surface area contributed by atoms with Crippen LogP contribution in [0.1, 0.15) is 5.56 Å². The predicted molar refractivity (Wildman–Crippen MR) is 77.9 cm³/mol. The zero-order chi connectivity index (χ0) is 14.1. The number of ether oxygens (including phenoxy) is 1. The van der Waals surface area contributed by atoms with Crippen molar-refractivity contribution >= 4 is 10.9 Å². The highest BCUT2D eigenvalue weighted by Gasteiger charge is 2.09. The minimum atomic E-state index is 0.112. The zero-order valence-corrected chi connectivity index (χ0v) is 11.3. The Morgan fingerprint density at radius 3 is 2.50 bits per heavy atom. The minimum Gasteiger partial charge on any atom is -0.504 e. The number of fused-ring (bicyclic) bond motifs is 1. The summed E-state index contributed by atoms with van der Waals surface area (Å²) < 4.78 is 5.09. The van der Waals surface area contributed by atoms with Gasteiger partial charge in [0.25, 0.3) is 0 Å². The molecule has 3 rings (SSSR count). The van der Waals surface area contributed by atoms with Gasteiger partial charge >= 0.3 is 0 Å². The van der Waals surface area contributed by atoms with Crippen LogP contribution in [0.3, 0.4) is 0 Å². The van der Waals surface area contributed by atoms with Crippen molar-refractivity contribution in [3.63, 3.8) is 0 Å². The van der Waals surface area contributed by atoms with E-state index in [0.717, 1.165) is 17.0 Å². The SMILES string of the molecule is COc1ccc2nc(-c3ccc(C)cn3)ccc2c1O. The highest BCUT2D eigenvalue weighted by molar-refractivity contribution is 5.89. The number of aromatic nitrogens is 2. The van der Waals surface area contributed by atoms with Gasteiger partial charge in [-0.05, 0) is 42.8 Å². The van der Waals surface area contributed by atoms with Gasteiger partial charge in [0.05, 0.1) is 24.0 Å². The van der Waals surface area contributed by atoms with Gasteiger partial charge in [0.1, 0.15) is 0 Å². The summed E-state index contributed by atoms with van der Waals surface area (Å²) in [4.78, 5) is 8.90. The summed E-state index contributed by atoms with van der Waals surface area (Å²) in [5, 5.41) is 10.7. The first-order chi connectivity index (χ1) is 9.69. The number of aromatic hydroxyl groups is 1. The highest BCUT2D eigenvalue weighted by atomic mass is 16.5. The van der Waals surface area contributed by atoms with E-state index in [4.69, 9.17) is 4.74 Å². The van der Waals surface area contributed by atoms with Crippen LogP contribution in [0.4, 0.5) is 0 Å². The molecular formula is C16H14N2O2. The Morgan fingerprint density at radius 2 is 1.80 bits per heavy atom. The summed E-state index contributed by atoms with van der Waals surface area (Å²) >= 11 is 0. The molecule has 3 aromatic rings. The van der Waals surface area contributed by atoms with Crippen molar-refractivity contribution in [2.24, 2.45) is 0 Å². The first-order valence-corrected chi connectivity index (χ1v) is 6.29. The van der Waals surface area contributed by atoms with E-state index < -0.39 is 0 Å². The summed E-state index contributed by atoms with van der Waals surface area (Å²) in [7, 11) is 1.53. The van der Waals surface area contributed by atoms with E-state index >= 15 is 0 Å². The fraction of sp³-hybridized carbons (Fsp3) is 0.125. The van der Waals surface area contributed by atoms with Crippen LogP contribution in [0.2, 0.25) is 0 Å². The highest BCUT2D eigenvalue weighted by Crippen LogP contribution is 2.34. The van der Waals surface area contributed by atoms with Crippen molar-refractivity contribution in [2.45, 2.75) is 6.92 Å². The van der Waals surface area contributed by atoms with E-state index in [2.05, 4.69) is 9.97 Å². The standard InChI is InChI=1S/C16H14N2O2/c1-10-3-5-13(17-9-10)14-6-4-11-12(18-14)7-8-15(20-2)16(11)19/h3-9,19H,1-2H3. The lowest BCUT2D eigenvalue weighted by atomic mass is 10.1. The average molecular weight is 266 g/mol. The van der Waals surface area contributed by atoms with Crippen LogP contribution in [0.25, 0.3) is 22.3 Å². The van der Waals surface area contributed by atoms with Crippen molar-refractivity contribution in [1.82, 2.24) is 9.97 Å². The second-order valence-corrected chi connectivity index (χ2v) is 4.60. The average Bonchev–Trinajstić information content (AvgIpc) is 2.48. The number of phenols is 1. The number of pyridine rings is 2.